The highest BCUT2D eigenvalue weighted by molar-refractivity contribution is 6.30. The van der Waals surface area contributed by atoms with E-state index in [0.717, 1.165) is 48.1 Å². The van der Waals surface area contributed by atoms with Gasteiger partial charge in [-0.05, 0) is 30.3 Å². The van der Waals surface area contributed by atoms with Gasteiger partial charge >= 0.3 is 5.91 Å². The molecule has 9 heteroatoms. The number of anilines is 2. The molecule has 0 amide bonds. The van der Waals surface area contributed by atoms with Gasteiger partial charge in [-0.25, -0.2) is 19.9 Å². The summed E-state index contributed by atoms with van der Waals surface area (Å²) in [6.45, 7) is 3.31. The molecule has 4 heterocycles. The van der Waals surface area contributed by atoms with E-state index in [4.69, 9.17) is 11.6 Å². The Hall–Kier alpha value is -3.52. The molecule has 8 nitrogen and oxygen atoms in total. The Labute approximate surface area is 177 Å². The standard InChI is InChI=1S/C21H18ClN7O/c22-15-3-1-4-16(13-15)27-9-11-28(12-10-27)19-17-5-8-29(20(17)26-14-25-19)21(30)18-23-6-2-7-24-18/h1-8,13-14H,9-12H2. The molecule has 0 bridgehead atoms. The van der Waals surface area contributed by atoms with Crippen molar-refractivity contribution in [3.05, 3.63) is 72.2 Å². The van der Waals surface area contributed by atoms with Crippen molar-refractivity contribution >= 4 is 40.0 Å². The van der Waals surface area contributed by atoms with Crippen LogP contribution in [0.2, 0.25) is 5.02 Å². The molecule has 1 saturated heterocycles. The molecule has 0 radical (unpaired) electrons. The molecular formula is C21H18ClN7O. The molecule has 0 saturated carbocycles. The summed E-state index contributed by atoms with van der Waals surface area (Å²) in [4.78, 5) is 34.3. The first-order chi connectivity index (χ1) is 14.7. The maximum absolute atomic E-state index is 12.8. The van der Waals surface area contributed by atoms with Gasteiger partial charge in [-0.2, -0.15) is 0 Å². The second kappa shape index (κ2) is 7.72. The van der Waals surface area contributed by atoms with Crippen molar-refractivity contribution in [3.63, 3.8) is 0 Å². The van der Waals surface area contributed by atoms with E-state index >= 15 is 0 Å². The summed E-state index contributed by atoms with van der Waals surface area (Å²) in [7, 11) is 0. The van der Waals surface area contributed by atoms with Gasteiger partial charge in [0.05, 0.1) is 5.39 Å². The lowest BCUT2D eigenvalue weighted by atomic mass is 10.2. The van der Waals surface area contributed by atoms with E-state index in [1.165, 1.54) is 10.9 Å². The molecule has 1 fully saturated rings. The number of benzene rings is 1. The fourth-order valence-electron chi connectivity index (χ4n) is 3.72. The summed E-state index contributed by atoms with van der Waals surface area (Å²) >= 11 is 6.13. The van der Waals surface area contributed by atoms with Gasteiger partial charge < -0.3 is 9.80 Å². The molecule has 1 aromatic carbocycles. The number of hydrogen-bond donors (Lipinski definition) is 0. The van der Waals surface area contributed by atoms with Gasteiger partial charge in [-0.1, -0.05) is 17.7 Å². The molecule has 3 aromatic heterocycles. The third-order valence-electron chi connectivity index (χ3n) is 5.19. The zero-order valence-corrected chi connectivity index (χ0v) is 16.8. The van der Waals surface area contributed by atoms with Crippen LogP contribution in [0.3, 0.4) is 0 Å². The lowest BCUT2D eigenvalue weighted by Crippen LogP contribution is -2.46. The molecule has 30 heavy (non-hydrogen) atoms. The number of halogens is 1. The molecule has 0 aliphatic carbocycles. The largest absolute Gasteiger partial charge is 0.368 e. The average molecular weight is 420 g/mol. The van der Waals surface area contributed by atoms with Crippen LogP contribution in [0.5, 0.6) is 0 Å². The van der Waals surface area contributed by atoms with E-state index in [2.05, 4.69) is 35.8 Å². The fraction of sp³-hybridized carbons (Fsp3) is 0.190. The molecule has 150 valence electrons. The van der Waals surface area contributed by atoms with Crippen LogP contribution in [-0.2, 0) is 0 Å². The Morgan fingerprint density at radius 2 is 1.67 bits per heavy atom. The summed E-state index contributed by atoms with van der Waals surface area (Å²) in [6.07, 6.45) is 6.29. The molecule has 4 aromatic rings. The Balaban J connectivity index is 1.40. The minimum Gasteiger partial charge on any atom is -0.368 e. The van der Waals surface area contributed by atoms with E-state index in [-0.39, 0.29) is 11.7 Å². The average Bonchev–Trinajstić information content (AvgIpc) is 3.24. The van der Waals surface area contributed by atoms with Crippen LogP contribution >= 0.6 is 11.6 Å². The van der Waals surface area contributed by atoms with Gasteiger partial charge in [-0.3, -0.25) is 9.36 Å². The Morgan fingerprint density at radius 3 is 2.43 bits per heavy atom. The van der Waals surface area contributed by atoms with Crippen molar-refractivity contribution in [1.29, 1.82) is 0 Å². The summed E-state index contributed by atoms with van der Waals surface area (Å²) in [5.41, 5.74) is 1.67. The van der Waals surface area contributed by atoms with Crippen molar-refractivity contribution in [2.24, 2.45) is 0 Å². The first-order valence-electron chi connectivity index (χ1n) is 9.60. The monoisotopic (exact) mass is 419 g/mol. The molecule has 0 unspecified atom stereocenters. The number of carbonyl (C=O) groups is 1. The number of piperazine rings is 1. The summed E-state index contributed by atoms with van der Waals surface area (Å²) in [5.74, 6) is 0.637. The summed E-state index contributed by atoms with van der Waals surface area (Å²) in [5, 5.41) is 1.57. The molecular weight excluding hydrogens is 402 g/mol. The highest BCUT2D eigenvalue weighted by atomic mass is 35.5. The predicted molar refractivity (Wildman–Crippen MR) is 115 cm³/mol. The van der Waals surface area contributed by atoms with Gasteiger partial charge in [0.15, 0.2) is 5.65 Å². The second-order valence-electron chi connectivity index (χ2n) is 6.95. The zero-order valence-electron chi connectivity index (χ0n) is 16.0. The SMILES string of the molecule is O=C(c1ncccn1)n1ccc2c(N3CCN(c4cccc(Cl)c4)CC3)ncnc21. The molecule has 5 rings (SSSR count). The van der Waals surface area contributed by atoms with E-state index in [1.807, 2.05) is 24.3 Å². The predicted octanol–water partition coefficient (Wildman–Crippen LogP) is 2.89. The van der Waals surface area contributed by atoms with Gasteiger partial charge in [-0.15, -0.1) is 0 Å². The van der Waals surface area contributed by atoms with Crippen LogP contribution < -0.4 is 9.80 Å². The van der Waals surface area contributed by atoms with Crippen LogP contribution in [0.15, 0.2) is 61.3 Å². The van der Waals surface area contributed by atoms with Crippen molar-refractivity contribution in [3.8, 4) is 0 Å². The van der Waals surface area contributed by atoms with E-state index < -0.39 is 0 Å². The number of nitrogens with zero attached hydrogens (tertiary/aromatic N) is 7. The topological polar surface area (TPSA) is 80.0 Å². The number of carbonyl (C=O) groups excluding carboxylic acids is 1. The highest BCUT2D eigenvalue weighted by Gasteiger charge is 2.23. The number of rotatable bonds is 3. The van der Waals surface area contributed by atoms with Gasteiger partial charge in [0, 0.05) is 55.5 Å². The van der Waals surface area contributed by atoms with Crippen LogP contribution in [-0.4, -0.2) is 56.6 Å². The van der Waals surface area contributed by atoms with Crippen LogP contribution in [0.4, 0.5) is 11.5 Å². The number of aromatic nitrogens is 5. The zero-order chi connectivity index (χ0) is 20.5. The van der Waals surface area contributed by atoms with E-state index in [0.29, 0.717) is 5.65 Å². The van der Waals surface area contributed by atoms with Crippen molar-refractivity contribution < 1.29 is 4.79 Å². The Bertz CT molecular complexity index is 1200. The van der Waals surface area contributed by atoms with Crippen LogP contribution in [0, 0.1) is 0 Å². The normalized spacial score (nSPS) is 14.3. The third-order valence-corrected chi connectivity index (χ3v) is 5.42. The van der Waals surface area contributed by atoms with Crippen LogP contribution in [0.25, 0.3) is 11.0 Å². The highest BCUT2D eigenvalue weighted by Crippen LogP contribution is 2.27. The first-order valence-corrected chi connectivity index (χ1v) is 9.98. The van der Waals surface area contributed by atoms with E-state index in [9.17, 15) is 4.79 Å². The van der Waals surface area contributed by atoms with Crippen molar-refractivity contribution in [2.75, 3.05) is 36.0 Å². The number of hydrogen-bond acceptors (Lipinski definition) is 7. The van der Waals surface area contributed by atoms with Gasteiger partial charge in [0.25, 0.3) is 0 Å². The third kappa shape index (κ3) is 3.35. The molecule has 0 atom stereocenters. The lowest BCUT2D eigenvalue weighted by Gasteiger charge is -2.37. The minimum atomic E-state index is -0.318. The van der Waals surface area contributed by atoms with Crippen molar-refractivity contribution in [2.45, 2.75) is 0 Å². The summed E-state index contributed by atoms with van der Waals surface area (Å²) in [6, 6.07) is 11.4. The van der Waals surface area contributed by atoms with E-state index in [1.54, 1.807) is 24.7 Å². The Kier molecular flexibility index (Phi) is 4.76. The van der Waals surface area contributed by atoms with Gasteiger partial charge in [0.1, 0.15) is 12.1 Å². The quantitative estimate of drug-likeness (QED) is 0.505. The number of fused-ring (bicyclic) bond motifs is 1. The van der Waals surface area contributed by atoms with Crippen molar-refractivity contribution in [1.82, 2.24) is 24.5 Å². The smallest absolute Gasteiger partial charge is 0.301 e. The fourth-order valence-corrected chi connectivity index (χ4v) is 3.90. The molecule has 1 aliphatic heterocycles. The molecule has 0 spiro atoms. The summed E-state index contributed by atoms with van der Waals surface area (Å²) < 4.78 is 1.47. The molecule has 1 aliphatic rings. The Morgan fingerprint density at radius 1 is 0.900 bits per heavy atom. The maximum atomic E-state index is 12.8. The maximum Gasteiger partial charge on any atom is 0.301 e. The van der Waals surface area contributed by atoms with Gasteiger partial charge in [0.2, 0.25) is 5.82 Å². The lowest BCUT2D eigenvalue weighted by molar-refractivity contribution is 0.0954. The minimum absolute atomic E-state index is 0.130. The second-order valence-corrected chi connectivity index (χ2v) is 7.39. The van der Waals surface area contributed by atoms with Crippen LogP contribution in [0.1, 0.15) is 10.6 Å². The first kappa shape index (κ1) is 18.5. The molecule has 0 N–H and O–H groups in total.